The van der Waals surface area contributed by atoms with E-state index in [1.54, 1.807) is 18.2 Å². The molecule has 1 aliphatic rings. The van der Waals surface area contributed by atoms with Gasteiger partial charge >= 0.3 is 0 Å². The van der Waals surface area contributed by atoms with Gasteiger partial charge in [-0.1, -0.05) is 61.5 Å². The van der Waals surface area contributed by atoms with Crippen molar-refractivity contribution in [3.63, 3.8) is 0 Å². The topological polar surface area (TPSA) is 46.6 Å². The second kappa shape index (κ2) is 7.09. The van der Waals surface area contributed by atoms with Crippen LogP contribution in [0.5, 0.6) is 0 Å². The quantitative estimate of drug-likeness (QED) is 0.518. The van der Waals surface area contributed by atoms with E-state index in [1.807, 2.05) is 0 Å². The molecule has 0 spiro atoms. The summed E-state index contributed by atoms with van der Waals surface area (Å²) < 4.78 is 0. The summed E-state index contributed by atoms with van der Waals surface area (Å²) in [7, 11) is 0. The molecule has 1 heterocycles. The van der Waals surface area contributed by atoms with E-state index in [2.05, 4.69) is 6.92 Å². The molecule has 0 aromatic heterocycles. The predicted molar refractivity (Wildman–Crippen MR) is 94.6 cm³/mol. The van der Waals surface area contributed by atoms with E-state index in [1.165, 1.54) is 6.07 Å². The van der Waals surface area contributed by atoms with Crippen molar-refractivity contribution in [2.24, 2.45) is 0 Å². The Labute approximate surface area is 150 Å². The number of fused-ring (bicyclic) bond motifs is 3. The minimum atomic E-state index is -0.478. The summed E-state index contributed by atoms with van der Waals surface area (Å²) in [6.07, 6.45) is 4.01. The first-order chi connectivity index (χ1) is 11.6. The molecule has 6 heteroatoms. The lowest BCUT2D eigenvalue weighted by atomic mass is 10.0. The van der Waals surface area contributed by atoms with Gasteiger partial charge in [-0.3, -0.25) is 14.4 Å². The lowest BCUT2D eigenvalue weighted by Gasteiger charge is -2.13. The zero-order chi connectivity index (χ0) is 17.3. The Balaban J connectivity index is 1.92. The molecule has 2 aromatic rings. The molecule has 0 radical (unpaired) electrons. The minimum absolute atomic E-state index is 0.258. The van der Waals surface area contributed by atoms with Crippen molar-refractivity contribution in [3.8, 4) is 0 Å². The van der Waals surface area contributed by atoms with E-state index in [9.17, 15) is 9.59 Å². The molecule has 0 atom stereocenters. The Bertz CT molecular complexity index is 820. The summed E-state index contributed by atoms with van der Waals surface area (Å²) in [6.45, 7) is 2.45. The van der Waals surface area contributed by atoms with Crippen LogP contribution in [0.25, 0.3) is 10.8 Å². The van der Waals surface area contributed by atoms with Gasteiger partial charge in [-0.2, -0.15) is 0 Å². The summed E-state index contributed by atoms with van der Waals surface area (Å²) in [6, 6.07) is 6.66. The second-order valence-corrected chi connectivity index (χ2v) is 6.56. The molecule has 0 saturated carbocycles. The number of hydroxylamine groups is 2. The number of benzene rings is 2. The summed E-state index contributed by atoms with van der Waals surface area (Å²) in [5.74, 6) is -0.941. The minimum Gasteiger partial charge on any atom is -0.266 e. The number of carbonyl (C=O) groups is 2. The molecule has 0 aliphatic carbocycles. The second-order valence-electron chi connectivity index (χ2n) is 5.74. The fraction of sp³-hybridized carbons (Fsp3) is 0.333. The first-order valence-electron chi connectivity index (χ1n) is 7.98. The summed E-state index contributed by atoms with van der Waals surface area (Å²) >= 11 is 12.5. The van der Waals surface area contributed by atoms with Crippen molar-refractivity contribution >= 4 is 45.8 Å². The normalized spacial score (nSPS) is 13.9. The van der Waals surface area contributed by atoms with Crippen LogP contribution in [0.1, 0.15) is 53.3 Å². The van der Waals surface area contributed by atoms with Gasteiger partial charge in [0.15, 0.2) is 0 Å². The summed E-state index contributed by atoms with van der Waals surface area (Å²) in [5.41, 5.74) is 0.559. The highest BCUT2D eigenvalue weighted by Crippen LogP contribution is 2.38. The number of imide groups is 1. The van der Waals surface area contributed by atoms with Gasteiger partial charge in [0.2, 0.25) is 0 Å². The van der Waals surface area contributed by atoms with Gasteiger partial charge in [0.1, 0.15) is 0 Å². The fourth-order valence-corrected chi connectivity index (χ4v) is 3.53. The molecule has 0 saturated heterocycles. The molecule has 0 unspecified atom stereocenters. The molecule has 0 bridgehead atoms. The van der Waals surface area contributed by atoms with Crippen LogP contribution in [0.2, 0.25) is 10.0 Å². The van der Waals surface area contributed by atoms with E-state index in [-0.39, 0.29) is 5.56 Å². The molecule has 2 aromatic carbocycles. The van der Waals surface area contributed by atoms with Crippen LogP contribution in [0.4, 0.5) is 0 Å². The third-order valence-electron chi connectivity index (χ3n) is 4.09. The third kappa shape index (κ3) is 2.90. The summed E-state index contributed by atoms with van der Waals surface area (Å²) in [4.78, 5) is 30.6. The molecule has 0 N–H and O–H groups in total. The number of amides is 2. The molecule has 3 rings (SSSR count). The van der Waals surface area contributed by atoms with E-state index < -0.39 is 11.8 Å². The predicted octanol–water partition coefficient (Wildman–Crippen LogP) is 5.25. The lowest BCUT2D eigenvalue weighted by Crippen LogP contribution is -2.30. The lowest BCUT2D eigenvalue weighted by molar-refractivity contribution is -0.0922. The third-order valence-corrected chi connectivity index (χ3v) is 4.71. The molecular weight excluding hydrogens is 349 g/mol. The first kappa shape index (κ1) is 17.2. The van der Waals surface area contributed by atoms with Gasteiger partial charge in [-0.15, -0.1) is 5.06 Å². The van der Waals surface area contributed by atoms with Crippen LogP contribution in [0.15, 0.2) is 24.3 Å². The number of rotatable bonds is 6. The molecule has 0 fully saturated rings. The Morgan fingerprint density at radius 1 is 1.04 bits per heavy atom. The van der Waals surface area contributed by atoms with Crippen molar-refractivity contribution in [2.45, 2.75) is 32.6 Å². The van der Waals surface area contributed by atoms with E-state index >= 15 is 0 Å². The standard InChI is InChI=1S/C18H17Cl2NO3/c1-2-3-4-5-9-24-21-17(22)12-10-14(20)16-11(15(12)18(21)23)7-6-8-13(16)19/h6-8,10H,2-5,9H2,1H3. The van der Waals surface area contributed by atoms with Crippen molar-refractivity contribution < 1.29 is 14.4 Å². The van der Waals surface area contributed by atoms with Gasteiger partial charge in [0.25, 0.3) is 11.8 Å². The molecule has 126 valence electrons. The van der Waals surface area contributed by atoms with Crippen molar-refractivity contribution in [3.05, 3.63) is 45.4 Å². The van der Waals surface area contributed by atoms with Gasteiger partial charge in [-0.05, 0) is 23.9 Å². The first-order valence-corrected chi connectivity index (χ1v) is 8.74. The number of halogens is 2. The molecule has 2 amide bonds. The zero-order valence-corrected chi connectivity index (χ0v) is 14.8. The zero-order valence-electron chi connectivity index (χ0n) is 13.3. The SMILES string of the molecule is CCCCCCON1C(=O)c2cc(Cl)c3c(Cl)cccc3c2C1=O. The van der Waals surface area contributed by atoms with Crippen LogP contribution in [0.3, 0.4) is 0 Å². The fourth-order valence-electron chi connectivity index (χ4n) is 2.90. The Morgan fingerprint density at radius 3 is 2.58 bits per heavy atom. The largest absolute Gasteiger partial charge is 0.286 e. The van der Waals surface area contributed by atoms with Crippen molar-refractivity contribution in [1.82, 2.24) is 5.06 Å². The van der Waals surface area contributed by atoms with Crippen LogP contribution in [-0.2, 0) is 4.84 Å². The van der Waals surface area contributed by atoms with E-state index in [0.717, 1.165) is 30.7 Å². The van der Waals surface area contributed by atoms with E-state index in [0.29, 0.717) is 33.0 Å². The van der Waals surface area contributed by atoms with Crippen molar-refractivity contribution in [2.75, 3.05) is 6.61 Å². The Hall–Kier alpha value is -1.62. The van der Waals surface area contributed by atoms with Gasteiger partial charge in [0.05, 0.1) is 22.8 Å². The maximum absolute atomic E-state index is 12.7. The Kier molecular flexibility index (Phi) is 5.09. The Morgan fingerprint density at radius 2 is 1.83 bits per heavy atom. The van der Waals surface area contributed by atoms with Gasteiger partial charge in [0, 0.05) is 10.4 Å². The van der Waals surface area contributed by atoms with E-state index in [4.69, 9.17) is 28.0 Å². The van der Waals surface area contributed by atoms with Crippen LogP contribution in [0, 0.1) is 0 Å². The summed E-state index contributed by atoms with van der Waals surface area (Å²) in [5, 5.41) is 2.78. The monoisotopic (exact) mass is 365 g/mol. The average molecular weight is 366 g/mol. The maximum atomic E-state index is 12.7. The molecule has 4 nitrogen and oxygen atoms in total. The highest BCUT2D eigenvalue weighted by molar-refractivity contribution is 6.44. The number of unbranched alkanes of at least 4 members (excludes halogenated alkanes) is 3. The molecular formula is C18H17Cl2NO3. The van der Waals surface area contributed by atoms with Gasteiger partial charge < -0.3 is 0 Å². The van der Waals surface area contributed by atoms with Gasteiger partial charge in [-0.25, -0.2) is 0 Å². The van der Waals surface area contributed by atoms with Crippen LogP contribution < -0.4 is 0 Å². The van der Waals surface area contributed by atoms with Crippen molar-refractivity contribution in [1.29, 1.82) is 0 Å². The number of nitrogens with zero attached hydrogens (tertiary/aromatic N) is 1. The average Bonchev–Trinajstić information content (AvgIpc) is 2.79. The smallest absolute Gasteiger partial charge is 0.266 e. The number of hydrogen-bond acceptors (Lipinski definition) is 3. The highest BCUT2D eigenvalue weighted by Gasteiger charge is 2.39. The maximum Gasteiger partial charge on any atom is 0.286 e. The molecule has 24 heavy (non-hydrogen) atoms. The highest BCUT2D eigenvalue weighted by atomic mass is 35.5. The molecule has 1 aliphatic heterocycles. The van der Waals surface area contributed by atoms with Crippen LogP contribution >= 0.6 is 23.2 Å². The number of carbonyl (C=O) groups excluding carboxylic acids is 2. The van der Waals surface area contributed by atoms with Crippen LogP contribution in [-0.4, -0.2) is 23.5 Å². The number of hydrogen-bond donors (Lipinski definition) is 0.